The zero-order valence-electron chi connectivity index (χ0n) is 14.4. The number of carbonyl (C=O) groups excluding carboxylic acids is 1. The summed E-state index contributed by atoms with van der Waals surface area (Å²) in [6.45, 7) is 2.84. The number of fused-ring (bicyclic) bond motifs is 3. The van der Waals surface area contributed by atoms with Gasteiger partial charge in [-0.05, 0) is 44.6 Å². The molecule has 1 aliphatic rings. The molecule has 1 aliphatic carbocycles. The Morgan fingerprint density at radius 2 is 2.20 bits per heavy atom. The number of aryl methyl sites for hydroxylation is 3. The van der Waals surface area contributed by atoms with Gasteiger partial charge in [-0.15, -0.1) is 23.7 Å². The molecule has 2 aromatic heterocycles. The molecule has 1 unspecified atom stereocenters. The first kappa shape index (κ1) is 19.9. The Bertz CT molecular complexity index is 800. The maximum atomic E-state index is 12.8. The lowest BCUT2D eigenvalue weighted by atomic mass is 9.97. The smallest absolute Gasteiger partial charge is 0.262 e. The number of amides is 1. The number of nitrogens with one attached hydrogen (secondary N) is 1. The summed E-state index contributed by atoms with van der Waals surface area (Å²) >= 11 is 1.65. The Hall–Kier alpha value is -1.44. The summed E-state index contributed by atoms with van der Waals surface area (Å²) in [4.78, 5) is 31.2. The Morgan fingerprint density at radius 1 is 1.44 bits per heavy atom. The van der Waals surface area contributed by atoms with Crippen LogP contribution in [0.4, 0.5) is 0 Å². The topological polar surface area (TPSA) is 90.0 Å². The third kappa shape index (κ3) is 4.59. The molecule has 2 aromatic rings. The van der Waals surface area contributed by atoms with Crippen molar-refractivity contribution in [2.24, 2.45) is 5.73 Å². The molecule has 0 aromatic carbocycles. The molecule has 0 aliphatic heterocycles. The minimum absolute atomic E-state index is 0. The first-order valence-electron chi connectivity index (χ1n) is 8.58. The van der Waals surface area contributed by atoms with Crippen molar-refractivity contribution < 1.29 is 4.79 Å². The predicted molar refractivity (Wildman–Crippen MR) is 104 cm³/mol. The van der Waals surface area contributed by atoms with Crippen molar-refractivity contribution in [3.8, 4) is 0 Å². The lowest BCUT2D eigenvalue weighted by Crippen LogP contribution is -2.30. The summed E-state index contributed by atoms with van der Waals surface area (Å²) in [5.41, 5.74) is 6.84. The third-order valence-corrected chi connectivity index (χ3v) is 5.64. The van der Waals surface area contributed by atoms with Crippen LogP contribution in [-0.2, 0) is 24.2 Å². The lowest BCUT2D eigenvalue weighted by Gasteiger charge is -2.11. The number of thiophene rings is 1. The van der Waals surface area contributed by atoms with Crippen LogP contribution < -0.4 is 16.6 Å². The Morgan fingerprint density at radius 3 is 2.96 bits per heavy atom. The molecule has 3 rings (SSSR count). The van der Waals surface area contributed by atoms with Crippen molar-refractivity contribution in [1.82, 2.24) is 14.9 Å². The third-order valence-electron chi connectivity index (χ3n) is 4.44. The number of nitrogens with zero attached hydrogens (tertiary/aromatic N) is 2. The van der Waals surface area contributed by atoms with E-state index in [0.717, 1.165) is 35.9 Å². The predicted octanol–water partition coefficient (Wildman–Crippen LogP) is 2.00. The normalized spacial score (nSPS) is 14.6. The molecule has 0 saturated heterocycles. The van der Waals surface area contributed by atoms with Crippen LogP contribution in [-0.4, -0.2) is 28.0 Å². The van der Waals surface area contributed by atoms with E-state index in [-0.39, 0.29) is 36.3 Å². The second-order valence-corrected chi connectivity index (χ2v) is 7.58. The number of halogens is 1. The highest BCUT2D eigenvalue weighted by atomic mass is 35.5. The minimum atomic E-state index is -0.0602. The van der Waals surface area contributed by atoms with Gasteiger partial charge in [-0.25, -0.2) is 4.98 Å². The van der Waals surface area contributed by atoms with Gasteiger partial charge in [0.15, 0.2) is 0 Å². The van der Waals surface area contributed by atoms with Crippen molar-refractivity contribution in [3.05, 3.63) is 27.1 Å². The van der Waals surface area contributed by atoms with E-state index in [1.807, 2.05) is 6.92 Å². The van der Waals surface area contributed by atoms with Gasteiger partial charge in [0.25, 0.3) is 5.56 Å². The first-order chi connectivity index (χ1) is 11.6. The summed E-state index contributed by atoms with van der Waals surface area (Å²) < 4.78 is 1.56. The molecule has 0 spiro atoms. The molecule has 6 nitrogen and oxygen atoms in total. The van der Waals surface area contributed by atoms with Gasteiger partial charge in [0, 0.05) is 30.4 Å². The van der Waals surface area contributed by atoms with Gasteiger partial charge < -0.3 is 11.1 Å². The van der Waals surface area contributed by atoms with Crippen LogP contribution in [0.3, 0.4) is 0 Å². The summed E-state index contributed by atoms with van der Waals surface area (Å²) in [7, 11) is 0. The Labute approximate surface area is 157 Å². The minimum Gasteiger partial charge on any atom is -0.356 e. The summed E-state index contributed by atoms with van der Waals surface area (Å²) in [6, 6.07) is 0.0734. The molecule has 1 amide bonds. The summed E-state index contributed by atoms with van der Waals surface area (Å²) in [5.74, 6) is -0.0602. The highest BCUT2D eigenvalue weighted by molar-refractivity contribution is 7.18. The van der Waals surface area contributed by atoms with E-state index >= 15 is 0 Å². The van der Waals surface area contributed by atoms with E-state index in [1.54, 1.807) is 22.2 Å². The molecule has 1 atom stereocenters. The SMILES string of the molecule is CC(N)CCNC(=O)CCn1cnc2sc3c(c2c1=O)CCCC3.Cl. The molecule has 25 heavy (non-hydrogen) atoms. The first-order valence-corrected chi connectivity index (χ1v) is 9.40. The monoisotopic (exact) mass is 384 g/mol. The molecule has 0 radical (unpaired) electrons. The number of hydrogen-bond acceptors (Lipinski definition) is 5. The van der Waals surface area contributed by atoms with Crippen LogP contribution in [0.25, 0.3) is 10.2 Å². The fourth-order valence-electron chi connectivity index (χ4n) is 3.09. The van der Waals surface area contributed by atoms with Crippen LogP contribution in [0.2, 0.25) is 0 Å². The van der Waals surface area contributed by atoms with Gasteiger partial charge >= 0.3 is 0 Å². The number of hydrogen-bond donors (Lipinski definition) is 2. The van der Waals surface area contributed by atoms with Crippen molar-refractivity contribution in [1.29, 1.82) is 0 Å². The second-order valence-electron chi connectivity index (χ2n) is 6.50. The van der Waals surface area contributed by atoms with Crippen LogP contribution in [0.15, 0.2) is 11.1 Å². The molecule has 0 fully saturated rings. The fourth-order valence-corrected chi connectivity index (χ4v) is 4.31. The highest BCUT2D eigenvalue weighted by Crippen LogP contribution is 2.33. The van der Waals surface area contributed by atoms with Crippen molar-refractivity contribution >= 4 is 39.9 Å². The van der Waals surface area contributed by atoms with Crippen LogP contribution >= 0.6 is 23.7 Å². The summed E-state index contributed by atoms with van der Waals surface area (Å²) in [5, 5.41) is 3.61. The van der Waals surface area contributed by atoms with Crippen molar-refractivity contribution in [2.45, 2.75) is 58.0 Å². The summed E-state index contributed by atoms with van der Waals surface area (Å²) in [6.07, 6.45) is 6.94. The Kier molecular flexibility index (Phi) is 6.98. The largest absolute Gasteiger partial charge is 0.356 e. The highest BCUT2D eigenvalue weighted by Gasteiger charge is 2.20. The van der Waals surface area contributed by atoms with Gasteiger partial charge in [-0.3, -0.25) is 14.2 Å². The molecule has 0 bridgehead atoms. The number of carbonyl (C=O) groups is 1. The standard InChI is InChI=1S/C17H24N4O2S.ClH/c1-11(18)6-8-19-14(22)7-9-21-10-20-16-15(17(21)23)12-4-2-3-5-13(12)24-16;/h10-11H,2-9,18H2,1H3,(H,19,22);1H. The molecule has 0 saturated carbocycles. The average Bonchev–Trinajstić information content (AvgIpc) is 2.93. The molecule has 2 heterocycles. The maximum absolute atomic E-state index is 12.8. The van der Waals surface area contributed by atoms with Crippen LogP contribution in [0.1, 0.15) is 43.0 Å². The maximum Gasteiger partial charge on any atom is 0.262 e. The van der Waals surface area contributed by atoms with E-state index in [4.69, 9.17) is 5.73 Å². The molecule has 138 valence electrons. The Balaban J connectivity index is 0.00000225. The second kappa shape index (κ2) is 8.78. The van der Waals surface area contributed by atoms with E-state index < -0.39 is 0 Å². The fraction of sp³-hybridized carbons (Fsp3) is 0.588. The number of aromatic nitrogens is 2. The van der Waals surface area contributed by atoms with Gasteiger partial charge in [0.2, 0.25) is 5.91 Å². The number of nitrogens with two attached hydrogens (primary N) is 1. The van der Waals surface area contributed by atoms with Gasteiger partial charge in [0.1, 0.15) is 4.83 Å². The van der Waals surface area contributed by atoms with E-state index in [1.165, 1.54) is 16.9 Å². The van der Waals surface area contributed by atoms with E-state index in [0.29, 0.717) is 13.1 Å². The lowest BCUT2D eigenvalue weighted by molar-refractivity contribution is -0.121. The quantitative estimate of drug-likeness (QED) is 0.797. The average molecular weight is 385 g/mol. The molecular weight excluding hydrogens is 360 g/mol. The zero-order valence-corrected chi connectivity index (χ0v) is 16.0. The molecule has 3 N–H and O–H groups in total. The van der Waals surface area contributed by atoms with E-state index in [2.05, 4.69) is 10.3 Å². The molecule has 8 heteroatoms. The van der Waals surface area contributed by atoms with Crippen molar-refractivity contribution in [2.75, 3.05) is 6.54 Å². The van der Waals surface area contributed by atoms with Gasteiger partial charge in [0.05, 0.1) is 11.7 Å². The van der Waals surface area contributed by atoms with Crippen LogP contribution in [0.5, 0.6) is 0 Å². The number of rotatable bonds is 6. The zero-order chi connectivity index (χ0) is 17.1. The van der Waals surface area contributed by atoms with Crippen LogP contribution in [0, 0.1) is 0 Å². The van der Waals surface area contributed by atoms with E-state index in [9.17, 15) is 9.59 Å². The van der Waals surface area contributed by atoms with Gasteiger partial charge in [-0.1, -0.05) is 0 Å². The van der Waals surface area contributed by atoms with Gasteiger partial charge in [-0.2, -0.15) is 0 Å². The molecular formula is C17H25ClN4O2S. The van der Waals surface area contributed by atoms with Crippen molar-refractivity contribution in [3.63, 3.8) is 0 Å².